The predicted molar refractivity (Wildman–Crippen MR) is 86.4 cm³/mol. The molecule has 4 heteroatoms. The van der Waals surface area contributed by atoms with Crippen molar-refractivity contribution >= 4 is 17.4 Å². The van der Waals surface area contributed by atoms with Crippen molar-refractivity contribution in [3.05, 3.63) is 52.8 Å². The summed E-state index contributed by atoms with van der Waals surface area (Å²) < 4.78 is 0. The van der Waals surface area contributed by atoms with Gasteiger partial charge in [-0.25, -0.2) is 0 Å². The van der Waals surface area contributed by atoms with Crippen molar-refractivity contribution in [1.82, 2.24) is 4.98 Å². The van der Waals surface area contributed by atoms with Gasteiger partial charge in [0.15, 0.2) is 5.78 Å². The number of rotatable bonds is 2. The maximum atomic E-state index is 12.5. The summed E-state index contributed by atoms with van der Waals surface area (Å²) in [6.45, 7) is 6.13. The number of ketones is 1. The van der Waals surface area contributed by atoms with Crippen molar-refractivity contribution in [3.8, 4) is 0 Å². The molecule has 1 aliphatic rings. The SMILES string of the molecule is Cc1ccc(NC(=O)c2c[nH]c3c2C(=O)CC(C)(C)C3)cc1. The number of H-pyrrole nitrogens is 1. The van der Waals surface area contributed by atoms with E-state index in [-0.39, 0.29) is 17.1 Å². The van der Waals surface area contributed by atoms with Gasteiger partial charge in [-0.15, -0.1) is 0 Å². The Labute approximate surface area is 129 Å². The normalized spacial score (nSPS) is 16.2. The lowest BCUT2D eigenvalue weighted by atomic mass is 9.75. The maximum absolute atomic E-state index is 12.5. The number of carbonyl (C=O) groups excluding carboxylic acids is 2. The zero-order chi connectivity index (χ0) is 15.9. The molecule has 1 aliphatic carbocycles. The topological polar surface area (TPSA) is 62.0 Å². The molecule has 4 nitrogen and oxygen atoms in total. The quantitative estimate of drug-likeness (QED) is 0.887. The minimum absolute atomic E-state index is 0.0431. The molecule has 0 radical (unpaired) electrons. The fraction of sp³-hybridized carbons (Fsp3) is 0.333. The van der Waals surface area contributed by atoms with Gasteiger partial charge in [0.2, 0.25) is 0 Å². The van der Waals surface area contributed by atoms with Crippen LogP contribution in [0.3, 0.4) is 0 Å². The molecule has 0 bridgehead atoms. The average Bonchev–Trinajstić information content (AvgIpc) is 2.84. The lowest BCUT2D eigenvalue weighted by Gasteiger charge is -2.28. The number of fused-ring (bicyclic) bond motifs is 1. The molecule has 0 saturated heterocycles. The Hall–Kier alpha value is -2.36. The second-order valence-corrected chi connectivity index (χ2v) is 6.82. The summed E-state index contributed by atoms with van der Waals surface area (Å²) in [5, 5.41) is 2.85. The van der Waals surface area contributed by atoms with E-state index < -0.39 is 0 Å². The van der Waals surface area contributed by atoms with E-state index in [1.54, 1.807) is 6.20 Å². The number of aromatic nitrogens is 1. The van der Waals surface area contributed by atoms with Crippen LogP contribution in [0.4, 0.5) is 5.69 Å². The third-order valence-corrected chi connectivity index (χ3v) is 4.09. The highest BCUT2D eigenvalue weighted by Gasteiger charge is 2.35. The Morgan fingerprint density at radius 1 is 1.18 bits per heavy atom. The number of aryl methyl sites for hydroxylation is 1. The number of carbonyl (C=O) groups is 2. The monoisotopic (exact) mass is 296 g/mol. The van der Waals surface area contributed by atoms with Gasteiger partial charge in [0.05, 0.1) is 11.1 Å². The van der Waals surface area contributed by atoms with E-state index in [1.807, 2.05) is 31.2 Å². The molecule has 2 N–H and O–H groups in total. The minimum Gasteiger partial charge on any atom is -0.364 e. The summed E-state index contributed by atoms with van der Waals surface area (Å²) in [5.74, 6) is -0.198. The van der Waals surface area contributed by atoms with E-state index >= 15 is 0 Å². The number of hydrogen-bond acceptors (Lipinski definition) is 2. The van der Waals surface area contributed by atoms with Crippen molar-refractivity contribution in [1.29, 1.82) is 0 Å². The van der Waals surface area contributed by atoms with E-state index in [1.165, 1.54) is 0 Å². The fourth-order valence-corrected chi connectivity index (χ4v) is 3.00. The van der Waals surface area contributed by atoms with Gasteiger partial charge < -0.3 is 10.3 Å². The molecule has 114 valence electrons. The van der Waals surface area contributed by atoms with Crippen LogP contribution >= 0.6 is 0 Å². The summed E-state index contributed by atoms with van der Waals surface area (Å²) in [7, 11) is 0. The fourth-order valence-electron chi connectivity index (χ4n) is 3.00. The standard InChI is InChI=1S/C18H20N2O2/c1-11-4-6-12(7-5-11)20-17(22)13-10-19-14-8-18(2,3)9-15(21)16(13)14/h4-7,10,19H,8-9H2,1-3H3,(H,20,22). The second kappa shape index (κ2) is 5.13. The summed E-state index contributed by atoms with van der Waals surface area (Å²) >= 11 is 0. The van der Waals surface area contributed by atoms with Crippen LogP contribution in [-0.4, -0.2) is 16.7 Å². The molecule has 0 saturated carbocycles. The van der Waals surface area contributed by atoms with E-state index in [4.69, 9.17) is 0 Å². The predicted octanol–water partition coefficient (Wildman–Crippen LogP) is 3.73. The van der Waals surface area contributed by atoms with Crippen LogP contribution in [0.1, 0.15) is 52.2 Å². The number of Topliss-reactive ketones (excluding diaryl/α,β-unsaturated/α-hetero) is 1. The van der Waals surface area contributed by atoms with Crippen molar-refractivity contribution < 1.29 is 9.59 Å². The van der Waals surface area contributed by atoms with Crippen LogP contribution in [0.2, 0.25) is 0 Å². The van der Waals surface area contributed by atoms with E-state index in [9.17, 15) is 9.59 Å². The Balaban J connectivity index is 1.87. The van der Waals surface area contributed by atoms with Crippen LogP contribution in [-0.2, 0) is 6.42 Å². The van der Waals surface area contributed by atoms with Gasteiger partial charge in [-0.1, -0.05) is 31.5 Å². The van der Waals surface area contributed by atoms with Gasteiger partial charge in [0.1, 0.15) is 0 Å². The molecule has 22 heavy (non-hydrogen) atoms. The average molecular weight is 296 g/mol. The number of aromatic amines is 1. The molecule has 2 aromatic rings. The molecule has 1 heterocycles. The molecular formula is C18H20N2O2. The zero-order valence-corrected chi connectivity index (χ0v) is 13.1. The molecule has 1 aromatic carbocycles. The van der Waals surface area contributed by atoms with Crippen LogP contribution < -0.4 is 5.32 Å². The van der Waals surface area contributed by atoms with Crippen LogP contribution in [0.15, 0.2) is 30.5 Å². The highest BCUT2D eigenvalue weighted by molar-refractivity contribution is 6.13. The lowest BCUT2D eigenvalue weighted by molar-refractivity contribution is 0.0902. The number of nitrogens with one attached hydrogen (secondary N) is 2. The highest BCUT2D eigenvalue weighted by Crippen LogP contribution is 2.35. The van der Waals surface area contributed by atoms with E-state index in [0.29, 0.717) is 17.5 Å². The number of benzene rings is 1. The lowest BCUT2D eigenvalue weighted by Crippen LogP contribution is -2.28. The van der Waals surface area contributed by atoms with E-state index in [0.717, 1.165) is 23.4 Å². The number of anilines is 1. The Morgan fingerprint density at radius 3 is 2.55 bits per heavy atom. The summed E-state index contributed by atoms with van der Waals surface area (Å²) in [6.07, 6.45) is 2.90. The second-order valence-electron chi connectivity index (χ2n) is 6.82. The van der Waals surface area contributed by atoms with Gasteiger partial charge >= 0.3 is 0 Å². The molecule has 3 rings (SSSR count). The van der Waals surface area contributed by atoms with Gasteiger partial charge in [0, 0.05) is 24.0 Å². The van der Waals surface area contributed by atoms with Crippen molar-refractivity contribution in [2.45, 2.75) is 33.6 Å². The molecule has 0 unspecified atom stereocenters. The first-order valence-electron chi connectivity index (χ1n) is 7.47. The van der Waals surface area contributed by atoms with Crippen LogP contribution in [0, 0.1) is 12.3 Å². The first kappa shape index (κ1) is 14.6. The first-order valence-corrected chi connectivity index (χ1v) is 7.47. The molecule has 0 aliphatic heterocycles. The van der Waals surface area contributed by atoms with Gasteiger partial charge in [-0.05, 0) is 30.9 Å². The van der Waals surface area contributed by atoms with E-state index in [2.05, 4.69) is 24.1 Å². The van der Waals surface area contributed by atoms with Gasteiger partial charge in [-0.3, -0.25) is 9.59 Å². The molecule has 1 amide bonds. The zero-order valence-electron chi connectivity index (χ0n) is 13.1. The summed E-state index contributed by atoms with van der Waals surface area (Å²) in [4.78, 5) is 27.9. The Bertz CT molecular complexity index is 739. The van der Waals surface area contributed by atoms with Gasteiger partial charge in [0.25, 0.3) is 5.91 Å². The van der Waals surface area contributed by atoms with Gasteiger partial charge in [-0.2, -0.15) is 0 Å². The smallest absolute Gasteiger partial charge is 0.257 e. The number of hydrogen-bond donors (Lipinski definition) is 2. The largest absolute Gasteiger partial charge is 0.364 e. The van der Waals surface area contributed by atoms with Crippen molar-refractivity contribution in [3.63, 3.8) is 0 Å². The summed E-state index contributed by atoms with van der Waals surface area (Å²) in [6, 6.07) is 7.60. The first-order chi connectivity index (χ1) is 10.4. The summed E-state index contributed by atoms with van der Waals surface area (Å²) in [5.41, 5.74) is 3.68. The third-order valence-electron chi connectivity index (χ3n) is 4.09. The maximum Gasteiger partial charge on any atom is 0.257 e. The molecule has 0 spiro atoms. The van der Waals surface area contributed by atoms with Crippen molar-refractivity contribution in [2.75, 3.05) is 5.32 Å². The molecule has 1 aromatic heterocycles. The highest BCUT2D eigenvalue weighted by atomic mass is 16.2. The molecule has 0 atom stereocenters. The third kappa shape index (κ3) is 2.69. The molecular weight excluding hydrogens is 276 g/mol. The van der Waals surface area contributed by atoms with Crippen molar-refractivity contribution in [2.24, 2.45) is 5.41 Å². The Kier molecular flexibility index (Phi) is 3.39. The number of amides is 1. The minimum atomic E-state index is -0.241. The Morgan fingerprint density at radius 2 is 1.86 bits per heavy atom. The van der Waals surface area contributed by atoms with Crippen LogP contribution in [0.5, 0.6) is 0 Å². The molecule has 0 fully saturated rings. The van der Waals surface area contributed by atoms with Crippen LogP contribution in [0.25, 0.3) is 0 Å².